The van der Waals surface area contributed by atoms with Crippen molar-refractivity contribution in [2.24, 2.45) is 0 Å². The smallest absolute Gasteiger partial charge is 0.186 e. The maximum absolute atomic E-state index is 4.85. The van der Waals surface area contributed by atoms with Gasteiger partial charge in [0.1, 0.15) is 0 Å². The van der Waals surface area contributed by atoms with Crippen LogP contribution in [0.1, 0.15) is 28.6 Å². The van der Waals surface area contributed by atoms with E-state index in [9.17, 15) is 0 Å². The molecule has 20 heavy (non-hydrogen) atoms. The van der Waals surface area contributed by atoms with Crippen molar-refractivity contribution in [3.8, 4) is 0 Å². The number of benzene rings is 1. The molecule has 1 aromatic heterocycles. The van der Waals surface area contributed by atoms with Crippen LogP contribution in [0.25, 0.3) is 0 Å². The normalized spacial score (nSPS) is 14.4. The van der Waals surface area contributed by atoms with Crippen molar-refractivity contribution < 1.29 is 0 Å². The van der Waals surface area contributed by atoms with Crippen LogP contribution in [0, 0.1) is 0 Å². The van der Waals surface area contributed by atoms with Gasteiger partial charge in [0.2, 0.25) is 0 Å². The Labute approximate surface area is 124 Å². The summed E-state index contributed by atoms with van der Waals surface area (Å²) in [4.78, 5) is 8.65. The lowest BCUT2D eigenvalue weighted by Gasteiger charge is -2.28. The molecule has 0 radical (unpaired) electrons. The molecule has 0 amide bonds. The minimum atomic E-state index is 0.922. The highest BCUT2D eigenvalue weighted by Gasteiger charge is 2.20. The van der Waals surface area contributed by atoms with E-state index in [0.29, 0.717) is 0 Å². The summed E-state index contributed by atoms with van der Waals surface area (Å²) in [5, 5.41) is 4.42. The molecule has 3 nitrogen and oxygen atoms in total. The van der Waals surface area contributed by atoms with Crippen molar-refractivity contribution in [1.82, 2.24) is 10.3 Å². The quantitative estimate of drug-likeness (QED) is 0.937. The highest BCUT2D eigenvalue weighted by Crippen LogP contribution is 2.30. The zero-order chi connectivity index (χ0) is 13.9. The number of nitrogens with zero attached hydrogens (tertiary/aromatic N) is 2. The van der Waals surface area contributed by atoms with E-state index < -0.39 is 0 Å². The van der Waals surface area contributed by atoms with Crippen LogP contribution in [0.4, 0.5) is 5.13 Å². The summed E-state index contributed by atoms with van der Waals surface area (Å²) in [6.45, 7) is 5.17. The van der Waals surface area contributed by atoms with E-state index in [1.54, 1.807) is 0 Å². The van der Waals surface area contributed by atoms with Crippen LogP contribution >= 0.6 is 11.3 Å². The van der Waals surface area contributed by atoms with Gasteiger partial charge in [0.15, 0.2) is 5.13 Å². The Morgan fingerprint density at radius 1 is 1.30 bits per heavy atom. The Morgan fingerprint density at radius 2 is 2.10 bits per heavy atom. The fourth-order valence-corrected chi connectivity index (χ4v) is 3.92. The second kappa shape index (κ2) is 5.94. The number of aryl methyl sites for hydroxylation is 1. The second-order valence-electron chi connectivity index (χ2n) is 5.19. The number of nitrogens with one attached hydrogen (secondary N) is 1. The lowest BCUT2D eigenvalue weighted by Crippen LogP contribution is -2.30. The van der Waals surface area contributed by atoms with E-state index in [2.05, 4.69) is 41.4 Å². The van der Waals surface area contributed by atoms with Gasteiger partial charge in [0.05, 0.1) is 5.69 Å². The molecule has 0 spiro atoms. The Bertz CT molecular complexity index is 591. The molecule has 0 fully saturated rings. The SMILES string of the molecule is CCc1nc(N2CCc3ccccc3C2)sc1CNC. The Balaban J connectivity index is 1.84. The summed E-state index contributed by atoms with van der Waals surface area (Å²) in [5.41, 5.74) is 4.19. The van der Waals surface area contributed by atoms with Crippen LogP contribution in [0.15, 0.2) is 24.3 Å². The lowest BCUT2D eigenvalue weighted by atomic mass is 10.0. The van der Waals surface area contributed by atoms with E-state index in [4.69, 9.17) is 4.98 Å². The van der Waals surface area contributed by atoms with Crippen molar-refractivity contribution in [2.45, 2.75) is 32.9 Å². The fraction of sp³-hybridized carbons (Fsp3) is 0.438. The van der Waals surface area contributed by atoms with E-state index in [1.807, 2.05) is 18.4 Å². The molecule has 0 unspecified atom stereocenters. The van der Waals surface area contributed by atoms with Gasteiger partial charge in [-0.05, 0) is 31.0 Å². The van der Waals surface area contributed by atoms with Crippen LogP contribution in [0.3, 0.4) is 0 Å². The van der Waals surface area contributed by atoms with Crippen molar-refractivity contribution in [3.63, 3.8) is 0 Å². The minimum absolute atomic E-state index is 0.922. The second-order valence-corrected chi connectivity index (χ2v) is 6.25. The molecule has 106 valence electrons. The lowest BCUT2D eigenvalue weighted by molar-refractivity contribution is 0.726. The minimum Gasteiger partial charge on any atom is -0.343 e. The van der Waals surface area contributed by atoms with Crippen LogP contribution in [0.2, 0.25) is 0 Å². The first kappa shape index (κ1) is 13.6. The molecule has 0 bridgehead atoms. The molecule has 3 rings (SSSR count). The number of aromatic nitrogens is 1. The van der Waals surface area contributed by atoms with Gasteiger partial charge < -0.3 is 10.2 Å². The summed E-state index contributed by atoms with van der Waals surface area (Å²) >= 11 is 1.84. The monoisotopic (exact) mass is 287 g/mol. The van der Waals surface area contributed by atoms with Crippen molar-refractivity contribution in [2.75, 3.05) is 18.5 Å². The van der Waals surface area contributed by atoms with Crippen molar-refractivity contribution in [1.29, 1.82) is 0 Å². The van der Waals surface area contributed by atoms with Gasteiger partial charge in [-0.25, -0.2) is 4.98 Å². The van der Waals surface area contributed by atoms with Gasteiger partial charge in [-0.2, -0.15) is 0 Å². The molecule has 2 aromatic rings. The third-order valence-corrected chi connectivity index (χ3v) is 5.00. The molecule has 1 aromatic carbocycles. The topological polar surface area (TPSA) is 28.2 Å². The van der Waals surface area contributed by atoms with E-state index >= 15 is 0 Å². The molecule has 0 saturated heterocycles. The molecule has 1 aliphatic rings. The summed E-state index contributed by atoms with van der Waals surface area (Å²) < 4.78 is 0. The average molecular weight is 287 g/mol. The molecule has 1 aliphatic heterocycles. The first-order valence-electron chi connectivity index (χ1n) is 7.26. The Hall–Kier alpha value is -1.39. The maximum atomic E-state index is 4.85. The van der Waals surface area contributed by atoms with Gasteiger partial charge in [-0.3, -0.25) is 0 Å². The zero-order valence-corrected chi connectivity index (χ0v) is 13.0. The number of rotatable bonds is 4. The molecule has 1 N–H and O–H groups in total. The standard InChI is InChI=1S/C16H21N3S/c1-3-14-15(10-17-2)20-16(18-14)19-9-8-12-6-4-5-7-13(12)11-19/h4-7,17H,3,8-11H2,1-2H3. The van der Waals surface area contributed by atoms with Gasteiger partial charge in [-0.1, -0.05) is 31.2 Å². The molecule has 0 saturated carbocycles. The highest BCUT2D eigenvalue weighted by molar-refractivity contribution is 7.15. The van der Waals surface area contributed by atoms with Crippen LogP contribution in [-0.4, -0.2) is 18.6 Å². The molecule has 0 atom stereocenters. The number of thiazole rings is 1. The maximum Gasteiger partial charge on any atom is 0.186 e. The largest absolute Gasteiger partial charge is 0.343 e. The molecular weight excluding hydrogens is 266 g/mol. The van der Waals surface area contributed by atoms with Crippen molar-refractivity contribution in [3.05, 3.63) is 46.0 Å². The number of hydrogen-bond acceptors (Lipinski definition) is 4. The van der Waals surface area contributed by atoms with Crippen LogP contribution in [0.5, 0.6) is 0 Å². The summed E-state index contributed by atoms with van der Waals surface area (Å²) in [7, 11) is 2.00. The highest BCUT2D eigenvalue weighted by atomic mass is 32.1. The summed E-state index contributed by atoms with van der Waals surface area (Å²) in [6, 6.07) is 8.76. The van der Waals surface area contributed by atoms with Crippen molar-refractivity contribution >= 4 is 16.5 Å². The van der Waals surface area contributed by atoms with E-state index in [-0.39, 0.29) is 0 Å². The van der Waals surface area contributed by atoms with Gasteiger partial charge >= 0.3 is 0 Å². The first-order chi connectivity index (χ1) is 9.81. The Kier molecular flexibility index (Phi) is 4.03. The number of fused-ring (bicyclic) bond motifs is 1. The third-order valence-electron chi connectivity index (χ3n) is 3.84. The fourth-order valence-electron chi connectivity index (χ4n) is 2.74. The third kappa shape index (κ3) is 2.58. The molecule has 0 aliphatic carbocycles. The molecule has 2 heterocycles. The van der Waals surface area contributed by atoms with E-state index in [1.165, 1.54) is 26.8 Å². The molecular formula is C16H21N3S. The Morgan fingerprint density at radius 3 is 2.85 bits per heavy atom. The van der Waals surface area contributed by atoms with Crippen LogP contribution < -0.4 is 10.2 Å². The summed E-state index contributed by atoms with van der Waals surface area (Å²) in [6.07, 6.45) is 2.14. The first-order valence-corrected chi connectivity index (χ1v) is 8.08. The van der Waals surface area contributed by atoms with Gasteiger partial charge in [0.25, 0.3) is 0 Å². The summed E-state index contributed by atoms with van der Waals surface area (Å²) in [5.74, 6) is 0. The van der Waals surface area contributed by atoms with E-state index in [0.717, 1.165) is 32.5 Å². The number of hydrogen-bond donors (Lipinski definition) is 1. The average Bonchev–Trinajstić information content (AvgIpc) is 2.90. The zero-order valence-electron chi connectivity index (χ0n) is 12.1. The predicted molar refractivity (Wildman–Crippen MR) is 85.5 cm³/mol. The van der Waals surface area contributed by atoms with Gasteiger partial charge in [0, 0.05) is 24.5 Å². The molecule has 4 heteroatoms. The van der Waals surface area contributed by atoms with Gasteiger partial charge in [-0.15, -0.1) is 11.3 Å². The predicted octanol–water partition coefficient (Wildman–Crippen LogP) is 2.99. The number of anilines is 1. The van der Waals surface area contributed by atoms with Crippen LogP contribution in [-0.2, 0) is 25.9 Å².